The van der Waals surface area contributed by atoms with E-state index in [2.05, 4.69) is 51.0 Å². The number of hydrogen-bond donors (Lipinski definition) is 1. The van der Waals surface area contributed by atoms with Crippen molar-refractivity contribution in [2.75, 3.05) is 23.3 Å². The Morgan fingerprint density at radius 1 is 1.14 bits per heavy atom. The second-order valence-electron chi connectivity index (χ2n) is 5.67. The van der Waals surface area contributed by atoms with Crippen LogP contribution in [0.25, 0.3) is 0 Å². The van der Waals surface area contributed by atoms with Gasteiger partial charge in [0, 0.05) is 37.2 Å². The van der Waals surface area contributed by atoms with E-state index in [1.807, 2.05) is 12.5 Å². The molecule has 112 valence electrons. The number of benzene rings is 1. The summed E-state index contributed by atoms with van der Waals surface area (Å²) in [4.78, 5) is 6.69. The first-order valence-corrected chi connectivity index (χ1v) is 7.94. The largest absolute Gasteiger partial charge is 0.379 e. The van der Waals surface area contributed by atoms with E-state index in [1.54, 1.807) is 0 Å². The minimum absolute atomic E-state index is 0.822. The lowest BCUT2D eigenvalue weighted by Crippen LogP contribution is -2.17. The number of aromatic nitrogens is 2. The number of aryl methyl sites for hydroxylation is 1. The Bertz CT molecular complexity index is 552. The molecule has 1 fully saturated rings. The molecule has 3 rings (SSSR count). The zero-order valence-corrected chi connectivity index (χ0v) is 12.8. The average Bonchev–Trinajstić information content (AvgIpc) is 3.18. The van der Waals surface area contributed by atoms with E-state index >= 15 is 0 Å². The first-order chi connectivity index (χ1) is 10.4. The molecule has 1 aliphatic heterocycles. The SMILES string of the molecule is CCCn1cncc1CNc1ccc(N2CCCC2)cc1. The van der Waals surface area contributed by atoms with Crippen molar-refractivity contribution in [3.63, 3.8) is 0 Å². The molecule has 21 heavy (non-hydrogen) atoms. The minimum Gasteiger partial charge on any atom is -0.379 e. The van der Waals surface area contributed by atoms with E-state index in [0.717, 1.165) is 19.5 Å². The molecule has 1 aliphatic rings. The molecule has 0 saturated carbocycles. The molecule has 2 heterocycles. The minimum atomic E-state index is 0.822. The highest BCUT2D eigenvalue weighted by Gasteiger charge is 2.11. The van der Waals surface area contributed by atoms with Gasteiger partial charge in [0.2, 0.25) is 0 Å². The fraction of sp³-hybridized carbons (Fsp3) is 0.471. The summed E-state index contributed by atoms with van der Waals surface area (Å²) < 4.78 is 2.21. The third kappa shape index (κ3) is 3.38. The number of nitrogens with zero attached hydrogens (tertiary/aromatic N) is 3. The first-order valence-electron chi connectivity index (χ1n) is 7.94. The van der Waals surface area contributed by atoms with Crippen LogP contribution in [0.5, 0.6) is 0 Å². The summed E-state index contributed by atoms with van der Waals surface area (Å²) in [6, 6.07) is 8.79. The molecule has 1 N–H and O–H groups in total. The van der Waals surface area contributed by atoms with Gasteiger partial charge in [-0.3, -0.25) is 0 Å². The van der Waals surface area contributed by atoms with Crippen LogP contribution < -0.4 is 10.2 Å². The molecule has 0 amide bonds. The molecule has 0 atom stereocenters. The van der Waals surface area contributed by atoms with Crippen molar-refractivity contribution in [2.45, 2.75) is 39.3 Å². The third-order valence-corrected chi connectivity index (χ3v) is 4.08. The van der Waals surface area contributed by atoms with Gasteiger partial charge in [-0.25, -0.2) is 4.98 Å². The Labute approximate surface area is 126 Å². The Kier molecular flexibility index (Phi) is 4.43. The molecule has 1 aromatic heterocycles. The number of nitrogens with one attached hydrogen (secondary N) is 1. The summed E-state index contributed by atoms with van der Waals surface area (Å²) in [5.41, 5.74) is 3.75. The van der Waals surface area contributed by atoms with Gasteiger partial charge in [-0.15, -0.1) is 0 Å². The Morgan fingerprint density at radius 3 is 2.62 bits per heavy atom. The van der Waals surface area contributed by atoms with Crippen LogP contribution >= 0.6 is 0 Å². The van der Waals surface area contributed by atoms with E-state index < -0.39 is 0 Å². The summed E-state index contributed by atoms with van der Waals surface area (Å²) >= 11 is 0. The summed E-state index contributed by atoms with van der Waals surface area (Å²) in [5, 5.41) is 3.48. The summed E-state index contributed by atoms with van der Waals surface area (Å²) in [6.07, 6.45) is 7.63. The number of anilines is 2. The molecule has 0 bridgehead atoms. The van der Waals surface area contributed by atoms with Crippen molar-refractivity contribution in [1.29, 1.82) is 0 Å². The molecular formula is C17H24N4. The quantitative estimate of drug-likeness (QED) is 0.881. The van der Waals surface area contributed by atoms with E-state index in [9.17, 15) is 0 Å². The third-order valence-electron chi connectivity index (χ3n) is 4.08. The van der Waals surface area contributed by atoms with E-state index in [1.165, 1.54) is 43.0 Å². The lowest BCUT2D eigenvalue weighted by Gasteiger charge is -2.18. The summed E-state index contributed by atoms with van der Waals surface area (Å²) in [7, 11) is 0. The van der Waals surface area contributed by atoms with Crippen molar-refractivity contribution in [2.24, 2.45) is 0 Å². The van der Waals surface area contributed by atoms with Gasteiger partial charge in [0.25, 0.3) is 0 Å². The van der Waals surface area contributed by atoms with Gasteiger partial charge in [0.05, 0.1) is 18.6 Å². The lowest BCUT2D eigenvalue weighted by atomic mass is 10.2. The molecule has 0 aliphatic carbocycles. The van der Waals surface area contributed by atoms with Gasteiger partial charge in [0.1, 0.15) is 0 Å². The molecule has 2 aromatic rings. The standard InChI is InChI=1S/C17H24N4/c1-2-9-21-14-18-12-17(21)13-19-15-5-7-16(8-6-15)20-10-3-4-11-20/h5-8,12,14,19H,2-4,9-11,13H2,1H3. The molecule has 0 unspecified atom stereocenters. The molecule has 1 aromatic carbocycles. The average molecular weight is 284 g/mol. The van der Waals surface area contributed by atoms with Crippen LogP contribution in [0.3, 0.4) is 0 Å². The zero-order valence-electron chi connectivity index (χ0n) is 12.8. The van der Waals surface area contributed by atoms with Crippen molar-refractivity contribution in [1.82, 2.24) is 9.55 Å². The maximum Gasteiger partial charge on any atom is 0.0948 e. The maximum atomic E-state index is 4.24. The molecule has 1 saturated heterocycles. The van der Waals surface area contributed by atoms with Crippen LogP contribution in [0, 0.1) is 0 Å². The van der Waals surface area contributed by atoms with Crippen molar-refractivity contribution in [3.05, 3.63) is 42.5 Å². The van der Waals surface area contributed by atoms with Crippen LogP contribution in [0.15, 0.2) is 36.8 Å². The monoisotopic (exact) mass is 284 g/mol. The van der Waals surface area contributed by atoms with Gasteiger partial charge in [-0.2, -0.15) is 0 Å². The smallest absolute Gasteiger partial charge is 0.0948 e. The molecule has 4 nitrogen and oxygen atoms in total. The summed E-state index contributed by atoms with van der Waals surface area (Å²) in [6.45, 7) is 6.44. The predicted molar refractivity (Wildman–Crippen MR) is 87.7 cm³/mol. The fourth-order valence-corrected chi connectivity index (χ4v) is 2.90. The van der Waals surface area contributed by atoms with Gasteiger partial charge in [-0.05, 0) is 43.5 Å². The van der Waals surface area contributed by atoms with Crippen molar-refractivity contribution < 1.29 is 0 Å². The van der Waals surface area contributed by atoms with E-state index in [-0.39, 0.29) is 0 Å². The second kappa shape index (κ2) is 6.66. The lowest BCUT2D eigenvalue weighted by molar-refractivity contribution is 0.651. The normalized spacial score (nSPS) is 14.6. The maximum absolute atomic E-state index is 4.24. The van der Waals surface area contributed by atoms with Gasteiger partial charge < -0.3 is 14.8 Å². The highest BCUT2D eigenvalue weighted by molar-refractivity contribution is 5.55. The van der Waals surface area contributed by atoms with Crippen LogP contribution in [-0.2, 0) is 13.1 Å². The van der Waals surface area contributed by atoms with Crippen molar-refractivity contribution >= 4 is 11.4 Å². The van der Waals surface area contributed by atoms with Crippen molar-refractivity contribution in [3.8, 4) is 0 Å². The van der Waals surface area contributed by atoms with Crippen LogP contribution in [0.4, 0.5) is 11.4 Å². The number of imidazole rings is 1. The number of rotatable bonds is 6. The Morgan fingerprint density at radius 2 is 1.90 bits per heavy atom. The van der Waals surface area contributed by atoms with Gasteiger partial charge in [0.15, 0.2) is 0 Å². The topological polar surface area (TPSA) is 33.1 Å². The Hall–Kier alpha value is -1.97. The van der Waals surface area contributed by atoms with Gasteiger partial charge in [-0.1, -0.05) is 6.92 Å². The van der Waals surface area contributed by atoms with Crippen LogP contribution in [0.1, 0.15) is 31.9 Å². The molecule has 4 heteroatoms. The molecular weight excluding hydrogens is 260 g/mol. The first kappa shape index (κ1) is 14.0. The highest BCUT2D eigenvalue weighted by Crippen LogP contribution is 2.22. The highest BCUT2D eigenvalue weighted by atomic mass is 15.1. The second-order valence-corrected chi connectivity index (χ2v) is 5.67. The molecule has 0 radical (unpaired) electrons. The van der Waals surface area contributed by atoms with E-state index in [4.69, 9.17) is 0 Å². The van der Waals surface area contributed by atoms with Crippen LogP contribution in [-0.4, -0.2) is 22.6 Å². The van der Waals surface area contributed by atoms with E-state index in [0.29, 0.717) is 0 Å². The summed E-state index contributed by atoms with van der Waals surface area (Å²) in [5.74, 6) is 0. The molecule has 0 spiro atoms. The van der Waals surface area contributed by atoms with Gasteiger partial charge >= 0.3 is 0 Å². The zero-order chi connectivity index (χ0) is 14.5. The van der Waals surface area contributed by atoms with Crippen LogP contribution in [0.2, 0.25) is 0 Å². The predicted octanol–water partition coefficient (Wildman–Crippen LogP) is 3.51. The Balaban J connectivity index is 1.58. The fourth-order valence-electron chi connectivity index (χ4n) is 2.90. The number of hydrogen-bond acceptors (Lipinski definition) is 3.